The molecular formula is C25H26F5N4O2P. The van der Waals surface area contributed by atoms with Gasteiger partial charge in [-0.3, -0.25) is 4.79 Å². The molecule has 1 aliphatic heterocycles. The van der Waals surface area contributed by atoms with E-state index in [1.165, 1.54) is 13.0 Å². The number of carbonyl (C=O) groups excluding carboxylic acids is 1. The summed E-state index contributed by atoms with van der Waals surface area (Å²) in [5.41, 5.74) is 0.420. The molecule has 1 aliphatic rings. The molecule has 1 aromatic heterocycles. The Morgan fingerprint density at radius 1 is 1.08 bits per heavy atom. The number of fused-ring (bicyclic) bond motifs is 1. The van der Waals surface area contributed by atoms with Crippen molar-refractivity contribution < 1.29 is 31.3 Å². The highest BCUT2D eigenvalue weighted by Gasteiger charge is 2.35. The monoisotopic (exact) mass is 540 g/mol. The highest BCUT2D eigenvalue weighted by atomic mass is 31.2. The van der Waals surface area contributed by atoms with E-state index in [0.29, 0.717) is 33.4 Å². The van der Waals surface area contributed by atoms with Crippen molar-refractivity contribution in [1.82, 2.24) is 14.9 Å². The first-order chi connectivity index (χ1) is 17.3. The number of rotatable bonds is 5. The van der Waals surface area contributed by atoms with E-state index in [1.54, 1.807) is 38.1 Å². The van der Waals surface area contributed by atoms with E-state index in [1.807, 2.05) is 0 Å². The molecular weight excluding hydrogens is 514 g/mol. The Morgan fingerprint density at radius 2 is 1.76 bits per heavy atom. The molecule has 0 radical (unpaired) electrons. The molecule has 0 saturated carbocycles. The molecule has 198 valence electrons. The highest BCUT2D eigenvalue weighted by molar-refractivity contribution is 7.71. The van der Waals surface area contributed by atoms with Gasteiger partial charge in [-0.05, 0) is 56.2 Å². The van der Waals surface area contributed by atoms with Gasteiger partial charge in [0.15, 0.2) is 0 Å². The second kappa shape index (κ2) is 10.0. The van der Waals surface area contributed by atoms with Gasteiger partial charge in [0.25, 0.3) is 5.91 Å². The first-order valence-electron chi connectivity index (χ1n) is 11.7. The highest BCUT2D eigenvalue weighted by Crippen LogP contribution is 2.47. The van der Waals surface area contributed by atoms with Crippen LogP contribution in [0.3, 0.4) is 0 Å². The molecule has 2 aromatic carbocycles. The van der Waals surface area contributed by atoms with E-state index in [9.17, 15) is 31.3 Å². The van der Waals surface area contributed by atoms with E-state index in [2.05, 4.69) is 15.3 Å². The average molecular weight is 540 g/mol. The molecule has 12 heteroatoms. The fourth-order valence-corrected chi connectivity index (χ4v) is 7.29. The largest absolute Gasteiger partial charge is 0.416 e. The van der Waals surface area contributed by atoms with Crippen LogP contribution < -0.4 is 10.6 Å². The molecule has 1 atom stereocenters. The lowest BCUT2D eigenvalue weighted by Crippen LogP contribution is -2.43. The van der Waals surface area contributed by atoms with Crippen LogP contribution >= 0.6 is 7.14 Å². The van der Waals surface area contributed by atoms with Gasteiger partial charge in [0, 0.05) is 36.1 Å². The lowest BCUT2D eigenvalue weighted by Gasteiger charge is -2.32. The van der Waals surface area contributed by atoms with Crippen molar-refractivity contribution in [1.29, 1.82) is 0 Å². The average Bonchev–Trinajstić information content (AvgIpc) is 2.83. The van der Waals surface area contributed by atoms with Gasteiger partial charge >= 0.3 is 12.6 Å². The predicted octanol–water partition coefficient (Wildman–Crippen LogP) is 5.53. The van der Waals surface area contributed by atoms with E-state index in [4.69, 9.17) is 0 Å². The minimum atomic E-state index is -4.48. The van der Waals surface area contributed by atoms with Crippen LogP contribution in [0, 0.1) is 13.8 Å². The number of hydrogen-bond donors (Lipinski definition) is 1. The predicted molar refractivity (Wildman–Crippen MR) is 132 cm³/mol. The molecule has 1 saturated heterocycles. The number of aromatic nitrogens is 2. The Hall–Kier alpha value is -3.07. The van der Waals surface area contributed by atoms with Crippen molar-refractivity contribution in [3.05, 3.63) is 58.9 Å². The van der Waals surface area contributed by atoms with E-state index < -0.39 is 37.3 Å². The molecule has 6 nitrogen and oxygen atoms in total. The topological polar surface area (TPSA) is 75.2 Å². The summed E-state index contributed by atoms with van der Waals surface area (Å²) in [4.78, 5) is 21.5. The zero-order valence-corrected chi connectivity index (χ0v) is 21.3. The smallest absolute Gasteiger partial charge is 0.363 e. The molecule has 1 N–H and O–H groups in total. The number of halogens is 5. The maximum atomic E-state index is 13.7. The normalized spacial score (nSPS) is 16.7. The number of alkyl halides is 5. The van der Waals surface area contributed by atoms with Crippen molar-refractivity contribution in [2.45, 2.75) is 39.4 Å². The standard InChI is InChI=1S/C25H26F5N4O2P/c1-14-18(5-4-6-20(14)25(28,29)30)15(2)31-23-19-13-17(7-8-21(19)32-16(3)33-23)37(36)11-9-34(10-12-37)24(35)22(26)27/h4-8,13,15,22H,9-12H2,1-3H3,(H,31,32,33)/t15-/m1/s1. The lowest BCUT2D eigenvalue weighted by atomic mass is 9.97. The van der Waals surface area contributed by atoms with E-state index in [-0.39, 0.29) is 31.0 Å². The number of nitrogens with zero attached hydrogens (tertiary/aromatic N) is 3. The van der Waals surface area contributed by atoms with Crippen LogP contribution in [-0.2, 0) is 15.5 Å². The summed E-state index contributed by atoms with van der Waals surface area (Å²) >= 11 is 0. The summed E-state index contributed by atoms with van der Waals surface area (Å²) < 4.78 is 79.5. The van der Waals surface area contributed by atoms with Crippen LogP contribution in [0.15, 0.2) is 36.4 Å². The Balaban J connectivity index is 1.66. The molecule has 2 heterocycles. The van der Waals surface area contributed by atoms with Crippen LogP contribution in [0.1, 0.15) is 35.5 Å². The Labute approximate surface area is 210 Å². The fraction of sp³-hybridized carbons (Fsp3) is 0.400. The van der Waals surface area contributed by atoms with Crippen LogP contribution in [-0.4, -0.2) is 52.6 Å². The van der Waals surface area contributed by atoms with Crippen molar-refractivity contribution >= 4 is 35.1 Å². The third-order valence-corrected chi connectivity index (χ3v) is 9.79. The first kappa shape index (κ1) is 27.0. The van der Waals surface area contributed by atoms with Crippen LogP contribution in [0.25, 0.3) is 10.9 Å². The number of carbonyl (C=O) groups is 1. The second-order valence-electron chi connectivity index (χ2n) is 9.17. The number of amides is 1. The van der Waals surface area contributed by atoms with Gasteiger partial charge in [-0.25, -0.2) is 9.97 Å². The molecule has 0 spiro atoms. The summed E-state index contributed by atoms with van der Waals surface area (Å²) in [6, 6.07) is 8.56. The molecule has 1 amide bonds. The summed E-state index contributed by atoms with van der Waals surface area (Å²) in [6.45, 7) is 4.79. The van der Waals surface area contributed by atoms with Crippen molar-refractivity contribution in [3.8, 4) is 0 Å². The lowest BCUT2D eigenvalue weighted by molar-refractivity contribution is -0.142. The molecule has 0 bridgehead atoms. The minimum absolute atomic E-state index is 0.0279. The summed E-state index contributed by atoms with van der Waals surface area (Å²) in [5.74, 6) is -0.438. The second-order valence-corrected chi connectivity index (χ2v) is 12.4. The molecule has 3 aromatic rings. The number of benzene rings is 2. The molecule has 0 aliphatic carbocycles. The SMILES string of the molecule is Cc1nc(N[C@H](C)c2cccc(C(F)(F)F)c2C)c2cc(P3(=O)CCN(C(=O)C(F)F)CC3)ccc2n1. The first-order valence-corrected chi connectivity index (χ1v) is 13.7. The third-order valence-electron chi connectivity index (χ3n) is 6.72. The van der Waals surface area contributed by atoms with Gasteiger partial charge in [0.05, 0.1) is 17.1 Å². The van der Waals surface area contributed by atoms with Gasteiger partial charge in [-0.15, -0.1) is 0 Å². The van der Waals surface area contributed by atoms with E-state index in [0.717, 1.165) is 11.0 Å². The molecule has 1 fully saturated rings. The number of hydrogen-bond acceptors (Lipinski definition) is 5. The van der Waals surface area contributed by atoms with Crippen molar-refractivity contribution in [2.24, 2.45) is 0 Å². The van der Waals surface area contributed by atoms with Crippen LogP contribution in [0.4, 0.5) is 27.8 Å². The maximum absolute atomic E-state index is 13.7. The molecule has 0 unspecified atom stereocenters. The van der Waals surface area contributed by atoms with Gasteiger partial charge < -0.3 is 14.8 Å². The summed E-state index contributed by atoms with van der Waals surface area (Å²) in [7, 11) is -2.98. The van der Waals surface area contributed by atoms with Crippen molar-refractivity contribution in [2.75, 3.05) is 30.7 Å². The number of aryl methyl sites for hydroxylation is 1. The van der Waals surface area contributed by atoms with E-state index >= 15 is 0 Å². The third kappa shape index (κ3) is 5.46. The number of nitrogens with one attached hydrogen (secondary N) is 1. The van der Waals surface area contributed by atoms with Crippen LogP contribution in [0.2, 0.25) is 0 Å². The summed E-state index contributed by atoms with van der Waals surface area (Å²) in [6.07, 6.45) is -7.43. The van der Waals surface area contributed by atoms with Gasteiger partial charge in [0.2, 0.25) is 0 Å². The minimum Gasteiger partial charge on any atom is -0.363 e. The fourth-order valence-electron chi connectivity index (χ4n) is 4.71. The Kier molecular flexibility index (Phi) is 7.29. The quantitative estimate of drug-likeness (QED) is 0.340. The zero-order valence-electron chi connectivity index (χ0n) is 20.4. The number of anilines is 1. The molecule has 4 rings (SSSR count). The van der Waals surface area contributed by atoms with Crippen LogP contribution in [0.5, 0.6) is 0 Å². The van der Waals surface area contributed by atoms with Gasteiger partial charge in [0.1, 0.15) is 18.8 Å². The zero-order chi connectivity index (χ0) is 27.1. The molecule has 37 heavy (non-hydrogen) atoms. The Morgan fingerprint density at radius 3 is 2.38 bits per heavy atom. The maximum Gasteiger partial charge on any atom is 0.416 e. The summed E-state index contributed by atoms with van der Waals surface area (Å²) in [5, 5.41) is 4.25. The Bertz CT molecular complexity index is 1380. The van der Waals surface area contributed by atoms with Gasteiger partial charge in [-0.1, -0.05) is 12.1 Å². The van der Waals surface area contributed by atoms with Crippen molar-refractivity contribution in [3.63, 3.8) is 0 Å². The van der Waals surface area contributed by atoms with Gasteiger partial charge in [-0.2, -0.15) is 22.0 Å².